The fraction of sp³-hybridized carbons (Fsp3) is 0.533. The molecule has 0 saturated carbocycles. The molecule has 0 spiro atoms. The molecule has 1 atom stereocenters. The Morgan fingerprint density at radius 3 is 2.71 bits per heavy atom. The van der Waals surface area contributed by atoms with Crippen molar-refractivity contribution in [2.45, 2.75) is 32.4 Å². The van der Waals surface area contributed by atoms with Crippen molar-refractivity contribution >= 4 is 6.09 Å². The third-order valence-electron chi connectivity index (χ3n) is 3.22. The third-order valence-corrected chi connectivity index (χ3v) is 3.22. The van der Waals surface area contributed by atoms with Gasteiger partial charge < -0.3 is 25.2 Å². The van der Waals surface area contributed by atoms with Crippen LogP contribution < -0.4 is 5.32 Å². The Morgan fingerprint density at radius 2 is 2.10 bits per heavy atom. The molecule has 116 valence electrons. The highest BCUT2D eigenvalue weighted by atomic mass is 16.6. The standard InChI is InChI=1S/C15H22N2O4/c1-15(2,3)21-14(20)17-7-6-16-12(9-17)11-5-4-10(18)8-13(11)19/h4-5,8,12,16,18-19H,6-7,9H2,1-3H3. The van der Waals surface area contributed by atoms with Gasteiger partial charge in [-0.25, -0.2) is 4.79 Å². The van der Waals surface area contributed by atoms with Crippen molar-refractivity contribution in [2.75, 3.05) is 19.6 Å². The van der Waals surface area contributed by atoms with E-state index in [-0.39, 0.29) is 23.6 Å². The molecular formula is C15H22N2O4. The van der Waals surface area contributed by atoms with E-state index in [4.69, 9.17) is 4.74 Å². The Morgan fingerprint density at radius 1 is 1.38 bits per heavy atom. The van der Waals surface area contributed by atoms with Gasteiger partial charge in [0, 0.05) is 31.3 Å². The van der Waals surface area contributed by atoms with E-state index in [9.17, 15) is 15.0 Å². The minimum absolute atomic E-state index is 0.0102. The number of carbonyl (C=O) groups is 1. The van der Waals surface area contributed by atoms with E-state index in [0.717, 1.165) is 0 Å². The molecular weight excluding hydrogens is 272 g/mol. The molecule has 1 saturated heterocycles. The molecule has 0 bridgehead atoms. The molecule has 3 N–H and O–H groups in total. The van der Waals surface area contributed by atoms with E-state index in [1.807, 2.05) is 20.8 Å². The first-order chi connectivity index (χ1) is 9.76. The fourth-order valence-electron chi connectivity index (χ4n) is 2.28. The number of phenolic OH excluding ortho intramolecular Hbond substituents is 2. The van der Waals surface area contributed by atoms with Crippen LogP contribution in [0.1, 0.15) is 32.4 Å². The number of carbonyl (C=O) groups excluding carboxylic acids is 1. The molecule has 6 heteroatoms. The van der Waals surface area contributed by atoms with E-state index < -0.39 is 5.60 Å². The van der Waals surface area contributed by atoms with Crippen LogP contribution in [0.4, 0.5) is 4.79 Å². The molecule has 1 amide bonds. The Hall–Kier alpha value is -1.95. The second-order valence-electron chi connectivity index (χ2n) is 6.18. The SMILES string of the molecule is CC(C)(C)OC(=O)N1CCNC(c2ccc(O)cc2O)C1. The van der Waals surface area contributed by atoms with Crippen molar-refractivity contribution in [1.29, 1.82) is 0 Å². The lowest BCUT2D eigenvalue weighted by atomic mass is 10.0. The number of hydrogen-bond donors (Lipinski definition) is 3. The van der Waals surface area contributed by atoms with E-state index >= 15 is 0 Å². The van der Waals surface area contributed by atoms with E-state index in [1.165, 1.54) is 12.1 Å². The molecule has 1 aliphatic heterocycles. The molecule has 6 nitrogen and oxygen atoms in total. The van der Waals surface area contributed by atoms with Gasteiger partial charge in [0.15, 0.2) is 0 Å². The lowest BCUT2D eigenvalue weighted by Gasteiger charge is -2.35. The van der Waals surface area contributed by atoms with Gasteiger partial charge in [0.25, 0.3) is 0 Å². The number of benzene rings is 1. The van der Waals surface area contributed by atoms with Gasteiger partial charge in [0.05, 0.1) is 6.04 Å². The molecule has 0 aromatic heterocycles. The number of amides is 1. The van der Waals surface area contributed by atoms with Crippen molar-refractivity contribution < 1.29 is 19.7 Å². The van der Waals surface area contributed by atoms with Gasteiger partial charge in [-0.3, -0.25) is 0 Å². The molecule has 1 aromatic carbocycles. The molecule has 1 unspecified atom stereocenters. The quantitative estimate of drug-likeness (QED) is 0.738. The van der Waals surface area contributed by atoms with Crippen LogP contribution in [-0.2, 0) is 4.74 Å². The van der Waals surface area contributed by atoms with Crippen LogP contribution in [0, 0.1) is 0 Å². The second-order valence-corrected chi connectivity index (χ2v) is 6.18. The Balaban J connectivity index is 2.08. The highest BCUT2D eigenvalue weighted by molar-refractivity contribution is 5.68. The second kappa shape index (κ2) is 5.81. The minimum atomic E-state index is -0.530. The first-order valence-corrected chi connectivity index (χ1v) is 6.99. The topological polar surface area (TPSA) is 82.0 Å². The van der Waals surface area contributed by atoms with Gasteiger partial charge >= 0.3 is 6.09 Å². The van der Waals surface area contributed by atoms with E-state index in [1.54, 1.807) is 11.0 Å². The Kier molecular flexibility index (Phi) is 4.27. The number of aromatic hydroxyl groups is 2. The van der Waals surface area contributed by atoms with Gasteiger partial charge in [-0.1, -0.05) is 6.07 Å². The summed E-state index contributed by atoms with van der Waals surface area (Å²) >= 11 is 0. The number of nitrogens with zero attached hydrogens (tertiary/aromatic N) is 1. The summed E-state index contributed by atoms with van der Waals surface area (Å²) in [5.41, 5.74) is 0.124. The van der Waals surface area contributed by atoms with Crippen LogP contribution in [0.25, 0.3) is 0 Å². The molecule has 2 rings (SSSR count). The summed E-state index contributed by atoms with van der Waals surface area (Å²) in [5, 5.41) is 22.5. The average molecular weight is 294 g/mol. The predicted molar refractivity (Wildman–Crippen MR) is 78.3 cm³/mol. The van der Waals surface area contributed by atoms with Gasteiger partial charge in [-0.2, -0.15) is 0 Å². The van der Waals surface area contributed by atoms with Gasteiger partial charge in [0.1, 0.15) is 17.1 Å². The van der Waals surface area contributed by atoms with Crippen molar-refractivity contribution in [3.05, 3.63) is 23.8 Å². The summed E-state index contributed by atoms with van der Waals surface area (Å²) in [7, 11) is 0. The monoisotopic (exact) mass is 294 g/mol. The maximum Gasteiger partial charge on any atom is 0.410 e. The van der Waals surface area contributed by atoms with Crippen LogP contribution in [0.5, 0.6) is 11.5 Å². The molecule has 0 radical (unpaired) electrons. The van der Waals surface area contributed by atoms with Crippen LogP contribution in [0.2, 0.25) is 0 Å². The van der Waals surface area contributed by atoms with Crippen LogP contribution in [-0.4, -0.2) is 46.4 Å². The maximum atomic E-state index is 12.1. The Labute approximate surface area is 124 Å². The number of piperazine rings is 1. The summed E-state index contributed by atoms with van der Waals surface area (Å²) < 4.78 is 5.37. The lowest BCUT2D eigenvalue weighted by molar-refractivity contribution is 0.0194. The number of nitrogens with one attached hydrogen (secondary N) is 1. The average Bonchev–Trinajstić information content (AvgIpc) is 2.37. The van der Waals surface area contributed by atoms with E-state index in [2.05, 4.69) is 5.32 Å². The first-order valence-electron chi connectivity index (χ1n) is 6.99. The zero-order chi connectivity index (χ0) is 15.6. The number of phenols is 2. The van der Waals surface area contributed by atoms with Gasteiger partial charge in [0.2, 0.25) is 0 Å². The van der Waals surface area contributed by atoms with Crippen molar-refractivity contribution in [1.82, 2.24) is 10.2 Å². The zero-order valence-corrected chi connectivity index (χ0v) is 12.6. The van der Waals surface area contributed by atoms with E-state index in [0.29, 0.717) is 25.2 Å². The molecule has 1 aromatic rings. The Bertz CT molecular complexity index is 525. The fourth-order valence-corrected chi connectivity index (χ4v) is 2.28. The van der Waals surface area contributed by atoms with Gasteiger partial charge in [-0.15, -0.1) is 0 Å². The summed E-state index contributed by atoms with van der Waals surface area (Å²) in [6, 6.07) is 4.28. The van der Waals surface area contributed by atoms with Crippen molar-refractivity contribution in [2.24, 2.45) is 0 Å². The molecule has 21 heavy (non-hydrogen) atoms. The highest BCUT2D eigenvalue weighted by Crippen LogP contribution is 2.29. The molecule has 0 aliphatic carbocycles. The van der Waals surface area contributed by atoms with Crippen LogP contribution in [0.3, 0.4) is 0 Å². The predicted octanol–water partition coefficient (Wildman–Crippen LogP) is 1.98. The molecule has 1 heterocycles. The normalized spacial score (nSPS) is 19.4. The van der Waals surface area contributed by atoms with Gasteiger partial charge in [-0.05, 0) is 26.8 Å². The summed E-state index contributed by atoms with van der Waals surface area (Å²) in [5.74, 6) is 0.0228. The first kappa shape index (κ1) is 15.4. The minimum Gasteiger partial charge on any atom is -0.508 e. The smallest absolute Gasteiger partial charge is 0.410 e. The van der Waals surface area contributed by atoms with Crippen LogP contribution in [0.15, 0.2) is 18.2 Å². The summed E-state index contributed by atoms with van der Waals surface area (Å²) in [4.78, 5) is 13.7. The van der Waals surface area contributed by atoms with Crippen LogP contribution >= 0.6 is 0 Å². The summed E-state index contributed by atoms with van der Waals surface area (Å²) in [6.07, 6.45) is -0.354. The lowest BCUT2D eigenvalue weighted by Crippen LogP contribution is -2.49. The number of rotatable bonds is 1. The van der Waals surface area contributed by atoms with Crippen molar-refractivity contribution in [3.63, 3.8) is 0 Å². The largest absolute Gasteiger partial charge is 0.508 e. The molecule has 1 aliphatic rings. The summed E-state index contributed by atoms with van der Waals surface area (Å²) in [6.45, 7) is 7.07. The highest BCUT2D eigenvalue weighted by Gasteiger charge is 2.29. The third kappa shape index (κ3) is 4.01. The maximum absolute atomic E-state index is 12.1. The zero-order valence-electron chi connectivity index (χ0n) is 12.6. The number of hydrogen-bond acceptors (Lipinski definition) is 5. The molecule has 1 fully saturated rings. The van der Waals surface area contributed by atoms with Crippen molar-refractivity contribution in [3.8, 4) is 11.5 Å². The number of ether oxygens (including phenoxy) is 1.